The number of benzene rings is 6. The molecular weight excluding hydrogens is 849 g/mol. The molecule has 14 nitrogen and oxygen atoms in total. The standard InChI is InChI=1S/C52H42O14/c1-59-51(57)61-41-29-23-35(24-30-41)27-33-43(53)63-47(49(55)65-45(37-15-7-3-8-16-37)38-17-9-4-10-18-38)48(64-44(54)34-28-36-25-31-42(32-26-36)62-52(58)60-2)50(56)66-46(39-19-11-5-12-20-39)40-21-13-6-14-22-40/h3-34,45-48H,1-2H3/b33-27+,34-28+/t47-,48-/m0/s1. The van der Waals surface area contributed by atoms with Gasteiger partial charge in [0.2, 0.25) is 12.2 Å². The third-order valence-corrected chi connectivity index (χ3v) is 9.42. The maximum Gasteiger partial charge on any atom is 0.513 e. The molecule has 0 aromatic heterocycles. The monoisotopic (exact) mass is 890 g/mol. The first-order chi connectivity index (χ1) is 32.1. The van der Waals surface area contributed by atoms with E-state index in [0.717, 1.165) is 26.4 Å². The van der Waals surface area contributed by atoms with E-state index in [1.807, 2.05) is 0 Å². The largest absolute Gasteiger partial charge is 0.513 e. The highest BCUT2D eigenvalue weighted by Crippen LogP contribution is 2.30. The first-order valence-electron chi connectivity index (χ1n) is 20.2. The van der Waals surface area contributed by atoms with Crippen molar-refractivity contribution in [2.45, 2.75) is 24.4 Å². The molecule has 0 saturated carbocycles. The van der Waals surface area contributed by atoms with E-state index in [9.17, 15) is 28.8 Å². The van der Waals surface area contributed by atoms with Crippen molar-refractivity contribution < 1.29 is 66.7 Å². The quantitative estimate of drug-likeness (QED) is 0.0367. The first kappa shape index (κ1) is 46.7. The van der Waals surface area contributed by atoms with Crippen molar-refractivity contribution in [3.63, 3.8) is 0 Å². The fourth-order valence-electron chi connectivity index (χ4n) is 6.23. The molecule has 334 valence electrons. The zero-order valence-electron chi connectivity index (χ0n) is 35.5. The third kappa shape index (κ3) is 13.6. The highest BCUT2D eigenvalue weighted by atomic mass is 16.7. The van der Waals surface area contributed by atoms with E-state index in [1.165, 1.54) is 60.7 Å². The van der Waals surface area contributed by atoms with E-state index in [0.29, 0.717) is 33.4 Å². The molecule has 0 N–H and O–H groups in total. The van der Waals surface area contributed by atoms with Crippen molar-refractivity contribution in [1.82, 2.24) is 0 Å². The minimum absolute atomic E-state index is 0.168. The predicted octanol–water partition coefficient (Wildman–Crippen LogP) is 9.19. The van der Waals surface area contributed by atoms with Crippen molar-refractivity contribution in [2.24, 2.45) is 0 Å². The molecular formula is C52H42O14. The van der Waals surface area contributed by atoms with Crippen molar-refractivity contribution in [3.05, 3.63) is 215 Å². The number of hydrogen-bond donors (Lipinski definition) is 0. The SMILES string of the molecule is COC(=O)Oc1ccc(/C=C/C(=O)O[C@H](C(=O)OC(c2ccccc2)c2ccccc2)[C@H](OC(=O)/C=C/c2ccc(OC(=O)OC)cc2)C(=O)OC(c2ccccc2)c2ccccc2)cc1. The summed E-state index contributed by atoms with van der Waals surface area (Å²) >= 11 is 0. The first-order valence-corrected chi connectivity index (χ1v) is 20.2. The molecule has 0 fully saturated rings. The molecule has 6 aromatic rings. The zero-order valence-corrected chi connectivity index (χ0v) is 35.5. The Balaban J connectivity index is 1.38. The van der Waals surface area contributed by atoms with Crippen LogP contribution < -0.4 is 9.47 Å². The number of hydrogen-bond acceptors (Lipinski definition) is 14. The maximum absolute atomic E-state index is 14.7. The smallest absolute Gasteiger partial charge is 0.450 e. The summed E-state index contributed by atoms with van der Waals surface area (Å²) in [5.41, 5.74) is 3.05. The van der Waals surface area contributed by atoms with Gasteiger partial charge in [0.05, 0.1) is 14.2 Å². The van der Waals surface area contributed by atoms with Gasteiger partial charge < -0.3 is 37.9 Å². The van der Waals surface area contributed by atoms with Gasteiger partial charge in [0.25, 0.3) is 0 Å². The van der Waals surface area contributed by atoms with Crippen LogP contribution in [0.4, 0.5) is 9.59 Å². The molecule has 0 aliphatic heterocycles. The molecule has 0 spiro atoms. The molecule has 0 radical (unpaired) electrons. The van der Waals surface area contributed by atoms with E-state index in [1.54, 1.807) is 121 Å². The van der Waals surface area contributed by atoms with Crippen LogP contribution in [-0.2, 0) is 47.6 Å². The molecule has 6 rings (SSSR count). The summed E-state index contributed by atoms with van der Waals surface area (Å²) in [5.74, 6) is -4.44. The topological polar surface area (TPSA) is 176 Å². The van der Waals surface area contributed by atoms with Crippen LogP contribution in [0.3, 0.4) is 0 Å². The number of carbonyl (C=O) groups excluding carboxylic acids is 6. The number of ether oxygens (including phenoxy) is 8. The Labute approximate surface area is 379 Å². The third-order valence-electron chi connectivity index (χ3n) is 9.42. The minimum Gasteiger partial charge on any atom is -0.450 e. The Morgan fingerprint density at radius 3 is 0.939 bits per heavy atom. The number of carbonyl (C=O) groups is 6. The zero-order chi connectivity index (χ0) is 46.7. The molecule has 14 heteroatoms. The van der Waals surface area contributed by atoms with E-state index in [4.69, 9.17) is 28.4 Å². The summed E-state index contributed by atoms with van der Waals surface area (Å²) in [7, 11) is 2.33. The Bertz CT molecular complexity index is 2350. The van der Waals surface area contributed by atoms with Gasteiger partial charge in [-0.2, -0.15) is 0 Å². The lowest BCUT2D eigenvalue weighted by Crippen LogP contribution is -2.47. The van der Waals surface area contributed by atoms with Crippen LogP contribution in [0.15, 0.2) is 182 Å². The molecule has 0 unspecified atom stereocenters. The minimum atomic E-state index is -2.25. The predicted molar refractivity (Wildman–Crippen MR) is 238 cm³/mol. The Kier molecular flexibility index (Phi) is 16.7. The van der Waals surface area contributed by atoms with Crippen LogP contribution in [0, 0.1) is 0 Å². The Morgan fingerprint density at radius 1 is 0.379 bits per heavy atom. The van der Waals surface area contributed by atoms with Crippen molar-refractivity contribution >= 4 is 48.3 Å². The maximum atomic E-state index is 14.7. The molecule has 0 saturated heterocycles. The van der Waals surface area contributed by atoms with Crippen LogP contribution >= 0.6 is 0 Å². The molecule has 2 atom stereocenters. The summed E-state index contributed by atoms with van der Waals surface area (Å²) in [6.07, 6.45) is -3.87. The van der Waals surface area contributed by atoms with Crippen molar-refractivity contribution in [2.75, 3.05) is 14.2 Å². The van der Waals surface area contributed by atoms with E-state index in [2.05, 4.69) is 9.47 Å². The van der Waals surface area contributed by atoms with Gasteiger partial charge in [-0.25, -0.2) is 28.8 Å². The fourth-order valence-corrected chi connectivity index (χ4v) is 6.23. The lowest BCUT2D eigenvalue weighted by molar-refractivity contribution is -0.191. The number of methoxy groups -OCH3 is 2. The summed E-state index contributed by atoms with van der Waals surface area (Å²) in [5, 5.41) is 0. The average molecular weight is 891 g/mol. The van der Waals surface area contributed by atoms with Crippen LogP contribution in [0.25, 0.3) is 12.2 Å². The normalized spacial score (nSPS) is 11.9. The Morgan fingerprint density at radius 2 is 0.667 bits per heavy atom. The van der Waals surface area contributed by atoms with Gasteiger partial charge in [0, 0.05) is 12.2 Å². The highest BCUT2D eigenvalue weighted by Gasteiger charge is 2.44. The summed E-state index contributed by atoms with van der Waals surface area (Å²) in [6, 6.07) is 46.8. The number of esters is 4. The van der Waals surface area contributed by atoms with Crippen LogP contribution in [-0.4, -0.2) is 62.6 Å². The van der Waals surface area contributed by atoms with Crippen LogP contribution in [0.5, 0.6) is 11.5 Å². The fraction of sp³-hybridized carbons (Fsp3) is 0.115. The second-order valence-corrected chi connectivity index (χ2v) is 13.9. The van der Waals surface area contributed by atoms with Gasteiger partial charge in [-0.15, -0.1) is 0 Å². The molecule has 6 aromatic carbocycles. The van der Waals surface area contributed by atoms with E-state index >= 15 is 0 Å². The summed E-state index contributed by atoms with van der Waals surface area (Å²) in [6.45, 7) is 0. The summed E-state index contributed by atoms with van der Waals surface area (Å²) in [4.78, 5) is 80.0. The molecule has 0 heterocycles. The Hall–Kier alpha value is -8.78. The van der Waals surface area contributed by atoms with E-state index in [-0.39, 0.29) is 11.5 Å². The molecule has 0 amide bonds. The van der Waals surface area contributed by atoms with Gasteiger partial charge in [-0.3, -0.25) is 0 Å². The van der Waals surface area contributed by atoms with Crippen LogP contribution in [0.2, 0.25) is 0 Å². The van der Waals surface area contributed by atoms with Crippen molar-refractivity contribution in [3.8, 4) is 11.5 Å². The molecule has 0 aliphatic rings. The number of rotatable bonds is 17. The lowest BCUT2D eigenvalue weighted by atomic mass is 10.0. The van der Waals surface area contributed by atoms with Gasteiger partial charge >= 0.3 is 36.2 Å². The lowest BCUT2D eigenvalue weighted by Gasteiger charge is -2.28. The molecule has 0 aliphatic carbocycles. The second kappa shape index (κ2) is 23.6. The van der Waals surface area contributed by atoms with Crippen LogP contribution in [0.1, 0.15) is 45.6 Å². The van der Waals surface area contributed by atoms with Crippen molar-refractivity contribution in [1.29, 1.82) is 0 Å². The second-order valence-electron chi connectivity index (χ2n) is 13.9. The molecule has 0 bridgehead atoms. The van der Waals surface area contributed by atoms with Gasteiger partial charge in [0.15, 0.2) is 12.2 Å². The van der Waals surface area contributed by atoms with E-state index < -0.39 is 60.6 Å². The molecule has 66 heavy (non-hydrogen) atoms. The van der Waals surface area contributed by atoms with Gasteiger partial charge in [-0.1, -0.05) is 146 Å². The highest BCUT2D eigenvalue weighted by molar-refractivity contribution is 5.95. The van der Waals surface area contributed by atoms with Gasteiger partial charge in [0.1, 0.15) is 11.5 Å². The summed E-state index contributed by atoms with van der Waals surface area (Å²) < 4.78 is 42.8. The average Bonchev–Trinajstić information content (AvgIpc) is 3.36. The van der Waals surface area contributed by atoms with Gasteiger partial charge in [-0.05, 0) is 69.8 Å².